The molecule has 21 heavy (non-hydrogen) atoms. The normalized spacial score (nSPS) is 12.0. The van der Waals surface area contributed by atoms with Gasteiger partial charge in [0.15, 0.2) is 0 Å². The first kappa shape index (κ1) is 16.1. The lowest BCUT2D eigenvalue weighted by atomic mass is 10.1. The van der Waals surface area contributed by atoms with E-state index in [9.17, 15) is 8.42 Å². The van der Waals surface area contributed by atoms with E-state index in [4.69, 9.17) is 5.14 Å². The van der Waals surface area contributed by atoms with Gasteiger partial charge in [-0.25, -0.2) is 13.6 Å². The third-order valence-electron chi connectivity index (χ3n) is 2.85. The van der Waals surface area contributed by atoms with Crippen LogP contribution in [0.5, 0.6) is 0 Å². The van der Waals surface area contributed by atoms with Gasteiger partial charge in [0.25, 0.3) is 15.2 Å². The maximum Gasteiger partial charge on any atom is 0.273 e. The highest BCUT2D eigenvalue weighted by molar-refractivity contribution is 9.10. The van der Waals surface area contributed by atoms with Crippen molar-refractivity contribution in [3.8, 4) is 0 Å². The minimum Gasteiger partial charge on any atom is -0.300 e. The standard InChI is InChI=1S/C13H17BrN4O2S/c1-9(2)8-18-12(16-17-13(18)21(15,19)20)7-10-4-3-5-11(14)6-10/h3-6,9H,7-8H2,1-2H3,(H2,15,19,20). The first-order chi connectivity index (χ1) is 9.77. The molecule has 0 saturated carbocycles. The van der Waals surface area contributed by atoms with E-state index in [1.165, 1.54) is 0 Å². The second-order valence-corrected chi connectivity index (χ2v) is 7.63. The predicted octanol–water partition coefficient (Wildman–Crippen LogP) is 1.93. The third-order valence-corrected chi connectivity index (χ3v) is 4.15. The van der Waals surface area contributed by atoms with Crippen molar-refractivity contribution in [2.24, 2.45) is 11.1 Å². The molecule has 2 N–H and O–H groups in total. The molecule has 6 nitrogen and oxygen atoms in total. The van der Waals surface area contributed by atoms with Gasteiger partial charge in [0.1, 0.15) is 5.82 Å². The van der Waals surface area contributed by atoms with Crippen molar-refractivity contribution >= 4 is 26.0 Å². The Hall–Kier alpha value is -1.25. The van der Waals surface area contributed by atoms with E-state index in [0.717, 1.165) is 10.0 Å². The summed E-state index contributed by atoms with van der Waals surface area (Å²) in [6.45, 7) is 4.49. The summed E-state index contributed by atoms with van der Waals surface area (Å²) in [6, 6.07) is 7.77. The van der Waals surface area contributed by atoms with Gasteiger partial charge in [0.05, 0.1) is 0 Å². The van der Waals surface area contributed by atoms with Crippen molar-refractivity contribution in [2.75, 3.05) is 0 Å². The number of benzene rings is 1. The smallest absolute Gasteiger partial charge is 0.273 e. The number of halogens is 1. The Morgan fingerprint density at radius 1 is 1.33 bits per heavy atom. The molecule has 0 unspecified atom stereocenters. The number of nitrogens with zero attached hydrogens (tertiary/aromatic N) is 3. The fourth-order valence-corrected chi connectivity index (χ4v) is 3.13. The van der Waals surface area contributed by atoms with Gasteiger partial charge >= 0.3 is 0 Å². The molecule has 0 amide bonds. The molecule has 8 heteroatoms. The molecule has 0 bridgehead atoms. The topological polar surface area (TPSA) is 90.9 Å². The Morgan fingerprint density at radius 2 is 2.05 bits per heavy atom. The average Bonchev–Trinajstić information content (AvgIpc) is 2.71. The van der Waals surface area contributed by atoms with E-state index < -0.39 is 10.0 Å². The van der Waals surface area contributed by atoms with Crippen LogP contribution < -0.4 is 5.14 Å². The van der Waals surface area contributed by atoms with Crippen molar-refractivity contribution in [3.63, 3.8) is 0 Å². The monoisotopic (exact) mass is 372 g/mol. The van der Waals surface area contributed by atoms with Crippen LogP contribution in [0.2, 0.25) is 0 Å². The fourth-order valence-electron chi connectivity index (χ4n) is 2.04. The number of hydrogen-bond acceptors (Lipinski definition) is 4. The number of nitrogens with two attached hydrogens (primary N) is 1. The van der Waals surface area contributed by atoms with Crippen LogP contribution in [0.1, 0.15) is 25.2 Å². The van der Waals surface area contributed by atoms with Crippen molar-refractivity contribution in [3.05, 3.63) is 40.1 Å². The zero-order valence-corrected chi connectivity index (χ0v) is 14.2. The highest BCUT2D eigenvalue weighted by Crippen LogP contribution is 2.17. The highest BCUT2D eigenvalue weighted by atomic mass is 79.9. The molecule has 2 aromatic rings. The van der Waals surface area contributed by atoms with Crippen LogP contribution in [0.25, 0.3) is 0 Å². The van der Waals surface area contributed by atoms with Gasteiger partial charge in [-0.05, 0) is 23.6 Å². The van der Waals surface area contributed by atoms with Crippen LogP contribution in [0.4, 0.5) is 0 Å². The van der Waals surface area contributed by atoms with Gasteiger partial charge in [0.2, 0.25) is 0 Å². The lowest BCUT2D eigenvalue weighted by molar-refractivity contribution is 0.472. The molecular weight excluding hydrogens is 356 g/mol. The molecule has 0 aliphatic rings. The zero-order valence-electron chi connectivity index (χ0n) is 11.8. The fraction of sp³-hybridized carbons (Fsp3) is 0.385. The van der Waals surface area contributed by atoms with E-state index in [-0.39, 0.29) is 11.1 Å². The van der Waals surface area contributed by atoms with Crippen LogP contribution in [0.15, 0.2) is 33.9 Å². The summed E-state index contributed by atoms with van der Waals surface area (Å²) in [5.41, 5.74) is 1.02. The molecule has 0 aliphatic carbocycles. The molecule has 0 radical (unpaired) electrons. The van der Waals surface area contributed by atoms with Crippen molar-refractivity contribution in [1.82, 2.24) is 14.8 Å². The lowest BCUT2D eigenvalue weighted by Crippen LogP contribution is -2.21. The molecule has 1 aromatic carbocycles. The Kier molecular flexibility index (Phi) is 4.80. The molecule has 1 aromatic heterocycles. The second kappa shape index (κ2) is 6.25. The van der Waals surface area contributed by atoms with Gasteiger partial charge in [0, 0.05) is 17.4 Å². The van der Waals surface area contributed by atoms with Crippen LogP contribution in [0, 0.1) is 5.92 Å². The Bertz CT molecular complexity index is 740. The van der Waals surface area contributed by atoms with E-state index in [1.807, 2.05) is 38.1 Å². The van der Waals surface area contributed by atoms with Gasteiger partial charge in [-0.1, -0.05) is 41.9 Å². The molecule has 0 aliphatic heterocycles. The summed E-state index contributed by atoms with van der Waals surface area (Å²) in [5.74, 6) is 0.841. The number of rotatable bonds is 5. The van der Waals surface area contributed by atoms with E-state index in [1.54, 1.807) is 4.57 Å². The quantitative estimate of drug-likeness (QED) is 0.867. The van der Waals surface area contributed by atoms with E-state index in [2.05, 4.69) is 26.1 Å². The van der Waals surface area contributed by atoms with Crippen molar-refractivity contribution in [2.45, 2.75) is 32.0 Å². The summed E-state index contributed by atoms with van der Waals surface area (Å²) in [7, 11) is -3.88. The minimum atomic E-state index is -3.88. The van der Waals surface area contributed by atoms with Crippen LogP contribution in [0.3, 0.4) is 0 Å². The third kappa shape index (κ3) is 4.12. The van der Waals surface area contributed by atoms with Gasteiger partial charge in [-0.15, -0.1) is 10.2 Å². The van der Waals surface area contributed by atoms with Gasteiger partial charge in [-0.3, -0.25) is 0 Å². The van der Waals surface area contributed by atoms with Crippen LogP contribution >= 0.6 is 15.9 Å². The first-order valence-corrected chi connectivity index (χ1v) is 8.80. The summed E-state index contributed by atoms with van der Waals surface area (Å²) in [6.07, 6.45) is 0.495. The summed E-state index contributed by atoms with van der Waals surface area (Å²) >= 11 is 3.41. The molecule has 0 fully saturated rings. The maximum atomic E-state index is 11.6. The number of sulfonamides is 1. The number of primary sulfonamides is 1. The minimum absolute atomic E-state index is 0.179. The Balaban J connectivity index is 2.42. The van der Waals surface area contributed by atoms with Crippen molar-refractivity contribution < 1.29 is 8.42 Å². The summed E-state index contributed by atoms with van der Waals surface area (Å²) < 4.78 is 25.7. The Morgan fingerprint density at radius 3 is 2.62 bits per heavy atom. The summed E-state index contributed by atoms with van der Waals surface area (Å²) in [5, 5.41) is 12.8. The molecular formula is C13H17BrN4O2S. The van der Waals surface area contributed by atoms with E-state index in [0.29, 0.717) is 18.8 Å². The lowest BCUT2D eigenvalue weighted by Gasteiger charge is -2.11. The van der Waals surface area contributed by atoms with Gasteiger partial charge < -0.3 is 4.57 Å². The maximum absolute atomic E-state index is 11.6. The summed E-state index contributed by atoms with van der Waals surface area (Å²) in [4.78, 5) is 0. The number of hydrogen-bond donors (Lipinski definition) is 1. The van der Waals surface area contributed by atoms with E-state index >= 15 is 0 Å². The molecule has 0 atom stereocenters. The SMILES string of the molecule is CC(C)Cn1c(Cc2cccc(Br)c2)nnc1S(N)(=O)=O. The van der Waals surface area contributed by atoms with Crippen LogP contribution in [-0.2, 0) is 23.0 Å². The molecule has 2 rings (SSSR count). The molecule has 114 valence electrons. The largest absolute Gasteiger partial charge is 0.300 e. The molecule has 0 saturated heterocycles. The van der Waals surface area contributed by atoms with Crippen LogP contribution in [-0.4, -0.2) is 23.2 Å². The zero-order chi connectivity index (χ0) is 15.6. The number of aromatic nitrogens is 3. The highest BCUT2D eigenvalue weighted by Gasteiger charge is 2.21. The predicted molar refractivity (Wildman–Crippen MR) is 83.2 cm³/mol. The second-order valence-electron chi connectivity index (χ2n) is 5.25. The average molecular weight is 373 g/mol. The Labute approximate surface area is 132 Å². The first-order valence-electron chi connectivity index (χ1n) is 6.46. The molecule has 1 heterocycles. The van der Waals surface area contributed by atoms with Crippen molar-refractivity contribution in [1.29, 1.82) is 0 Å². The molecule has 0 spiro atoms. The van der Waals surface area contributed by atoms with Gasteiger partial charge in [-0.2, -0.15) is 0 Å².